The van der Waals surface area contributed by atoms with Crippen molar-refractivity contribution in [2.45, 2.75) is 38.5 Å². The Morgan fingerprint density at radius 2 is 1.88 bits per heavy atom. The first-order chi connectivity index (χ1) is 12.0. The number of pyridine rings is 1. The summed E-state index contributed by atoms with van der Waals surface area (Å²) in [6, 6.07) is 20.4. The number of aromatic nitrogens is 1. The molecule has 3 aromatic rings. The van der Waals surface area contributed by atoms with Crippen LogP contribution in [0.3, 0.4) is 0 Å². The molecule has 0 fully saturated rings. The van der Waals surface area contributed by atoms with Gasteiger partial charge in [0.25, 0.3) is 5.56 Å². The second kappa shape index (κ2) is 6.57. The summed E-state index contributed by atoms with van der Waals surface area (Å²) in [6.45, 7) is 6.01. The molecule has 2 atom stereocenters. The van der Waals surface area contributed by atoms with Gasteiger partial charge in [-0.1, -0.05) is 56.3 Å². The van der Waals surface area contributed by atoms with E-state index in [2.05, 4.69) is 30.1 Å². The fourth-order valence-corrected chi connectivity index (χ4v) is 3.32. The van der Waals surface area contributed by atoms with Crippen LogP contribution in [0, 0.1) is 11.3 Å². The molecule has 0 unspecified atom stereocenters. The average molecular weight is 330 g/mol. The zero-order valence-corrected chi connectivity index (χ0v) is 14.8. The van der Waals surface area contributed by atoms with Gasteiger partial charge in [0.2, 0.25) is 0 Å². The molecule has 0 aliphatic rings. The number of nitriles is 1. The van der Waals surface area contributed by atoms with Crippen LogP contribution in [0.2, 0.25) is 0 Å². The van der Waals surface area contributed by atoms with E-state index in [-0.39, 0.29) is 11.5 Å². The lowest BCUT2D eigenvalue weighted by atomic mass is 9.71. The maximum Gasteiger partial charge on any atom is 0.251 e. The topological polar surface area (TPSA) is 56.6 Å². The minimum absolute atomic E-state index is 0.0257. The Morgan fingerprint density at radius 1 is 1.16 bits per heavy atom. The molecule has 0 aliphatic heterocycles. The maximum atomic E-state index is 12.1. The van der Waals surface area contributed by atoms with Gasteiger partial charge in [-0.25, -0.2) is 0 Å². The predicted octanol–water partition coefficient (Wildman–Crippen LogP) is 4.68. The molecule has 0 amide bonds. The molecule has 3 nitrogen and oxygen atoms in total. The molecule has 25 heavy (non-hydrogen) atoms. The van der Waals surface area contributed by atoms with E-state index in [1.54, 1.807) is 0 Å². The molecule has 0 saturated carbocycles. The number of aryl methyl sites for hydroxylation is 1. The highest BCUT2D eigenvalue weighted by atomic mass is 16.1. The Labute approximate surface area is 147 Å². The van der Waals surface area contributed by atoms with Crippen LogP contribution in [0.4, 0.5) is 0 Å². The van der Waals surface area contributed by atoms with Crippen LogP contribution in [0.25, 0.3) is 10.9 Å². The van der Waals surface area contributed by atoms with Gasteiger partial charge >= 0.3 is 0 Å². The zero-order chi connectivity index (χ0) is 18.0. The monoisotopic (exact) mass is 330 g/mol. The second-order valence-electron chi connectivity index (χ2n) is 6.73. The summed E-state index contributed by atoms with van der Waals surface area (Å²) in [7, 11) is 0. The Balaban J connectivity index is 2.12. The van der Waals surface area contributed by atoms with Crippen molar-refractivity contribution < 1.29 is 0 Å². The Kier molecular flexibility index (Phi) is 4.46. The molecule has 3 rings (SSSR count). The smallest absolute Gasteiger partial charge is 0.251 e. The van der Waals surface area contributed by atoms with Gasteiger partial charge in [-0.05, 0) is 42.0 Å². The first-order valence-corrected chi connectivity index (χ1v) is 8.62. The molecule has 2 aromatic carbocycles. The van der Waals surface area contributed by atoms with Crippen molar-refractivity contribution in [1.82, 2.24) is 4.98 Å². The third kappa shape index (κ3) is 2.96. The van der Waals surface area contributed by atoms with Crippen LogP contribution < -0.4 is 5.56 Å². The van der Waals surface area contributed by atoms with E-state index in [1.807, 2.05) is 56.3 Å². The molecule has 0 spiro atoms. The van der Waals surface area contributed by atoms with E-state index < -0.39 is 5.41 Å². The van der Waals surface area contributed by atoms with Crippen molar-refractivity contribution in [2.75, 3.05) is 0 Å². The minimum Gasteiger partial charge on any atom is -0.322 e. The van der Waals surface area contributed by atoms with Crippen molar-refractivity contribution in [3.05, 3.63) is 81.6 Å². The summed E-state index contributed by atoms with van der Waals surface area (Å²) in [6.07, 6.45) is 0.702. The van der Waals surface area contributed by atoms with E-state index in [1.165, 1.54) is 0 Å². The van der Waals surface area contributed by atoms with Crippen molar-refractivity contribution in [3.8, 4) is 6.07 Å². The van der Waals surface area contributed by atoms with E-state index in [4.69, 9.17) is 0 Å². The predicted molar refractivity (Wildman–Crippen MR) is 102 cm³/mol. The number of rotatable bonds is 4. The van der Waals surface area contributed by atoms with Crippen LogP contribution in [0.1, 0.15) is 43.4 Å². The third-order valence-corrected chi connectivity index (χ3v) is 5.30. The average Bonchev–Trinajstić information content (AvgIpc) is 2.66. The molecule has 1 N–H and O–H groups in total. The highest BCUT2D eigenvalue weighted by molar-refractivity contribution is 5.80. The Hall–Kier alpha value is -2.86. The molecule has 1 heterocycles. The Bertz CT molecular complexity index is 998. The highest BCUT2D eigenvalue weighted by Gasteiger charge is 2.34. The summed E-state index contributed by atoms with van der Waals surface area (Å²) in [4.78, 5) is 15.1. The number of aromatic amines is 1. The quantitative estimate of drug-likeness (QED) is 0.755. The molecular formula is C22H22N2O. The summed E-state index contributed by atoms with van der Waals surface area (Å²) in [5, 5.41) is 11.0. The number of fused-ring (bicyclic) bond motifs is 1. The molecule has 0 aliphatic carbocycles. The van der Waals surface area contributed by atoms with E-state index in [0.29, 0.717) is 6.42 Å². The lowest BCUT2D eigenvalue weighted by Crippen LogP contribution is -2.27. The maximum absolute atomic E-state index is 12.1. The number of nitrogens with zero attached hydrogens (tertiary/aromatic N) is 1. The lowest BCUT2D eigenvalue weighted by molar-refractivity contribution is 0.505. The summed E-state index contributed by atoms with van der Waals surface area (Å²) < 4.78 is 0. The van der Waals surface area contributed by atoms with Gasteiger partial charge in [-0.2, -0.15) is 5.26 Å². The number of benzene rings is 2. The summed E-state index contributed by atoms with van der Waals surface area (Å²) >= 11 is 0. The van der Waals surface area contributed by atoms with E-state index in [9.17, 15) is 10.1 Å². The van der Waals surface area contributed by atoms with Gasteiger partial charge < -0.3 is 4.98 Å². The van der Waals surface area contributed by atoms with Crippen LogP contribution in [-0.2, 0) is 11.8 Å². The van der Waals surface area contributed by atoms with E-state index in [0.717, 1.165) is 27.6 Å². The molecule has 1 aromatic heterocycles. The number of hydrogen-bond donors (Lipinski definition) is 1. The van der Waals surface area contributed by atoms with Gasteiger partial charge in [-0.3, -0.25) is 4.79 Å². The normalized spacial score (nSPS) is 14.6. The van der Waals surface area contributed by atoms with Crippen LogP contribution in [0.5, 0.6) is 0 Å². The first-order valence-electron chi connectivity index (χ1n) is 8.62. The molecule has 3 heteroatoms. The SMILES string of the molecule is CCc1cc2ccc([C@](C)(C#N)[C@H](C)c3ccccc3)cc2[nH]c1=O. The van der Waals surface area contributed by atoms with Gasteiger partial charge in [-0.15, -0.1) is 0 Å². The fraction of sp³-hybridized carbons (Fsp3) is 0.273. The molecular weight excluding hydrogens is 308 g/mol. The number of nitrogens with one attached hydrogen (secondary N) is 1. The van der Waals surface area contributed by atoms with Crippen molar-refractivity contribution in [1.29, 1.82) is 5.26 Å². The largest absolute Gasteiger partial charge is 0.322 e. The molecule has 0 bridgehead atoms. The minimum atomic E-state index is -0.685. The molecule has 0 radical (unpaired) electrons. The summed E-state index contributed by atoms with van der Waals surface area (Å²) in [5.74, 6) is 0.0257. The van der Waals surface area contributed by atoms with Crippen LogP contribution in [-0.4, -0.2) is 4.98 Å². The molecule has 0 saturated heterocycles. The van der Waals surface area contributed by atoms with Crippen molar-refractivity contribution in [2.24, 2.45) is 0 Å². The molecule has 126 valence electrons. The van der Waals surface area contributed by atoms with Gasteiger partial charge in [0.15, 0.2) is 0 Å². The zero-order valence-electron chi connectivity index (χ0n) is 14.8. The van der Waals surface area contributed by atoms with Gasteiger partial charge in [0, 0.05) is 17.0 Å². The number of hydrogen-bond acceptors (Lipinski definition) is 2. The first kappa shape index (κ1) is 17.0. The standard InChI is InChI=1S/C22H22N2O/c1-4-16-12-18-10-11-19(13-20(18)24-21(16)25)22(3,14-23)15(2)17-8-6-5-7-9-17/h5-13,15H,4H2,1-3H3,(H,24,25)/t15-,22-/m1/s1. The van der Waals surface area contributed by atoms with Gasteiger partial charge in [0.05, 0.1) is 11.5 Å². The fourth-order valence-electron chi connectivity index (χ4n) is 3.32. The van der Waals surface area contributed by atoms with Crippen molar-refractivity contribution >= 4 is 10.9 Å². The van der Waals surface area contributed by atoms with Crippen molar-refractivity contribution in [3.63, 3.8) is 0 Å². The Morgan fingerprint density at radius 3 is 2.52 bits per heavy atom. The highest BCUT2D eigenvalue weighted by Crippen LogP contribution is 2.39. The van der Waals surface area contributed by atoms with Crippen LogP contribution in [0.15, 0.2) is 59.4 Å². The third-order valence-electron chi connectivity index (χ3n) is 5.30. The summed E-state index contributed by atoms with van der Waals surface area (Å²) in [5.41, 5.74) is 2.86. The second-order valence-corrected chi connectivity index (χ2v) is 6.73. The van der Waals surface area contributed by atoms with Crippen LogP contribution >= 0.6 is 0 Å². The lowest BCUT2D eigenvalue weighted by Gasteiger charge is -2.30. The van der Waals surface area contributed by atoms with E-state index >= 15 is 0 Å². The number of H-pyrrole nitrogens is 1. The van der Waals surface area contributed by atoms with Gasteiger partial charge in [0.1, 0.15) is 0 Å².